The van der Waals surface area contributed by atoms with Crippen LogP contribution in [0.5, 0.6) is 0 Å². The number of nitrogens with zero attached hydrogens (tertiary/aromatic N) is 2. The van der Waals surface area contributed by atoms with Gasteiger partial charge in [0.15, 0.2) is 0 Å². The van der Waals surface area contributed by atoms with Gasteiger partial charge in [0.1, 0.15) is 0 Å². The molecule has 0 aliphatic carbocycles. The molecule has 148 valence electrons. The first kappa shape index (κ1) is 20.4. The van der Waals surface area contributed by atoms with Crippen molar-refractivity contribution in [3.63, 3.8) is 0 Å². The van der Waals surface area contributed by atoms with Crippen LogP contribution in [0.25, 0.3) is 0 Å². The van der Waals surface area contributed by atoms with Gasteiger partial charge in [-0.25, -0.2) is 0 Å². The maximum Gasteiger partial charge on any atom is 0.243 e. The Morgan fingerprint density at radius 1 is 1.18 bits per heavy atom. The Kier molecular flexibility index (Phi) is 7.06. The Labute approximate surface area is 171 Å². The largest absolute Gasteiger partial charge is 0.336 e. The number of likely N-dealkylation sites (N-methyl/N-ethyl adjacent to an activating group) is 1. The number of rotatable bonds is 6. The van der Waals surface area contributed by atoms with Crippen LogP contribution in [0.4, 0.5) is 5.69 Å². The number of benzene rings is 2. The maximum atomic E-state index is 12.8. The van der Waals surface area contributed by atoms with Gasteiger partial charge in [-0.3, -0.25) is 14.5 Å². The summed E-state index contributed by atoms with van der Waals surface area (Å²) in [5.74, 6) is -0.268. The number of piperidine rings is 1. The highest BCUT2D eigenvalue weighted by molar-refractivity contribution is 6.30. The third kappa shape index (κ3) is 5.81. The lowest BCUT2D eigenvalue weighted by Gasteiger charge is -2.33. The van der Waals surface area contributed by atoms with E-state index >= 15 is 0 Å². The minimum absolute atomic E-state index is 0.0269. The van der Waals surface area contributed by atoms with Crippen LogP contribution in [-0.2, 0) is 16.1 Å². The van der Waals surface area contributed by atoms with E-state index < -0.39 is 0 Å². The number of amides is 2. The number of carbonyl (C=O) groups is 2. The van der Waals surface area contributed by atoms with E-state index in [1.165, 1.54) is 10.5 Å². The SMILES string of the molecule is CN(CC(=O)Nc1cccc(Cl)c1)C(=O)C1CCCN(Cc2ccccc2)C1. The maximum absolute atomic E-state index is 12.8. The lowest BCUT2D eigenvalue weighted by atomic mass is 9.96. The molecule has 1 atom stereocenters. The third-order valence-electron chi connectivity index (χ3n) is 4.97. The van der Waals surface area contributed by atoms with Gasteiger partial charge in [0, 0.05) is 30.8 Å². The lowest BCUT2D eigenvalue weighted by Crippen LogP contribution is -2.45. The quantitative estimate of drug-likeness (QED) is 0.806. The highest BCUT2D eigenvalue weighted by atomic mass is 35.5. The molecule has 6 heteroatoms. The Balaban J connectivity index is 1.51. The molecule has 0 bridgehead atoms. The highest BCUT2D eigenvalue weighted by Crippen LogP contribution is 2.20. The lowest BCUT2D eigenvalue weighted by molar-refractivity contribution is -0.138. The molecular weight excluding hydrogens is 374 g/mol. The number of likely N-dealkylation sites (tertiary alicyclic amines) is 1. The van der Waals surface area contributed by atoms with E-state index in [4.69, 9.17) is 11.6 Å². The molecule has 1 N–H and O–H groups in total. The van der Waals surface area contributed by atoms with Gasteiger partial charge in [-0.05, 0) is 43.1 Å². The van der Waals surface area contributed by atoms with E-state index in [2.05, 4.69) is 22.3 Å². The molecule has 0 saturated carbocycles. The zero-order chi connectivity index (χ0) is 19.9. The molecule has 0 spiro atoms. The van der Waals surface area contributed by atoms with E-state index in [1.54, 1.807) is 31.3 Å². The summed E-state index contributed by atoms with van der Waals surface area (Å²) in [6, 6.07) is 17.3. The predicted octanol–water partition coefficient (Wildman–Crippen LogP) is 3.65. The van der Waals surface area contributed by atoms with Crippen molar-refractivity contribution in [3.05, 3.63) is 65.2 Å². The van der Waals surface area contributed by atoms with Gasteiger partial charge in [-0.2, -0.15) is 0 Å². The molecule has 2 amide bonds. The summed E-state index contributed by atoms with van der Waals surface area (Å²) in [5, 5.41) is 3.34. The van der Waals surface area contributed by atoms with Gasteiger partial charge in [-0.15, -0.1) is 0 Å². The Bertz CT molecular complexity index is 812. The molecule has 2 aromatic rings. The summed E-state index contributed by atoms with van der Waals surface area (Å²) in [4.78, 5) is 28.9. The van der Waals surface area contributed by atoms with Crippen LogP contribution >= 0.6 is 11.6 Å². The number of hydrogen-bond donors (Lipinski definition) is 1. The van der Waals surface area contributed by atoms with Gasteiger partial charge in [0.05, 0.1) is 12.5 Å². The van der Waals surface area contributed by atoms with Gasteiger partial charge < -0.3 is 10.2 Å². The van der Waals surface area contributed by atoms with Crippen molar-refractivity contribution >= 4 is 29.1 Å². The molecule has 28 heavy (non-hydrogen) atoms. The monoisotopic (exact) mass is 399 g/mol. The van der Waals surface area contributed by atoms with Crippen molar-refractivity contribution < 1.29 is 9.59 Å². The summed E-state index contributed by atoms with van der Waals surface area (Å²) < 4.78 is 0. The first-order chi connectivity index (χ1) is 13.5. The second-order valence-electron chi connectivity index (χ2n) is 7.31. The number of halogens is 1. The van der Waals surface area contributed by atoms with Crippen LogP contribution in [0.1, 0.15) is 18.4 Å². The Morgan fingerprint density at radius 2 is 1.96 bits per heavy atom. The van der Waals surface area contributed by atoms with E-state index in [-0.39, 0.29) is 24.3 Å². The van der Waals surface area contributed by atoms with Gasteiger partial charge in [0.2, 0.25) is 11.8 Å². The first-order valence-electron chi connectivity index (χ1n) is 9.58. The third-order valence-corrected chi connectivity index (χ3v) is 5.20. The van der Waals surface area contributed by atoms with Gasteiger partial charge >= 0.3 is 0 Å². The average Bonchev–Trinajstić information content (AvgIpc) is 2.68. The highest BCUT2D eigenvalue weighted by Gasteiger charge is 2.28. The van der Waals surface area contributed by atoms with Crippen molar-refractivity contribution in [2.24, 2.45) is 5.92 Å². The zero-order valence-electron chi connectivity index (χ0n) is 16.1. The minimum Gasteiger partial charge on any atom is -0.336 e. The molecule has 1 heterocycles. The number of anilines is 1. The van der Waals surface area contributed by atoms with Crippen molar-refractivity contribution in [2.75, 3.05) is 32.0 Å². The van der Waals surface area contributed by atoms with Gasteiger partial charge in [-0.1, -0.05) is 48.0 Å². The average molecular weight is 400 g/mol. The van der Waals surface area contributed by atoms with E-state index in [1.807, 2.05) is 18.2 Å². The standard InChI is InChI=1S/C22H26ClN3O2/c1-25(16-21(27)24-20-11-5-10-19(23)13-20)22(28)18-9-6-12-26(15-18)14-17-7-3-2-4-8-17/h2-5,7-8,10-11,13,18H,6,9,12,14-16H2,1H3,(H,24,27). The van der Waals surface area contributed by atoms with Crippen LogP contribution in [0.15, 0.2) is 54.6 Å². The van der Waals surface area contributed by atoms with Gasteiger partial charge in [0.25, 0.3) is 0 Å². The summed E-state index contributed by atoms with van der Waals surface area (Å²) in [6.07, 6.45) is 1.86. The Hall–Kier alpha value is -2.37. The van der Waals surface area contributed by atoms with Crippen LogP contribution in [0, 0.1) is 5.92 Å². The van der Waals surface area contributed by atoms with Crippen molar-refractivity contribution in [3.8, 4) is 0 Å². The molecule has 0 aromatic heterocycles. The van der Waals surface area contributed by atoms with Crippen LogP contribution in [0.3, 0.4) is 0 Å². The van der Waals surface area contributed by atoms with Crippen LogP contribution in [-0.4, -0.2) is 48.3 Å². The van der Waals surface area contributed by atoms with Crippen molar-refractivity contribution in [2.45, 2.75) is 19.4 Å². The smallest absolute Gasteiger partial charge is 0.243 e. The summed E-state index contributed by atoms with van der Waals surface area (Å²) in [6.45, 7) is 2.61. The molecule has 1 aliphatic rings. The summed E-state index contributed by atoms with van der Waals surface area (Å²) in [7, 11) is 1.69. The molecule has 2 aromatic carbocycles. The van der Waals surface area contributed by atoms with Crippen LogP contribution < -0.4 is 5.32 Å². The van der Waals surface area contributed by atoms with E-state index in [9.17, 15) is 9.59 Å². The topological polar surface area (TPSA) is 52.7 Å². The minimum atomic E-state index is -0.227. The normalized spacial score (nSPS) is 17.1. The number of nitrogens with one attached hydrogen (secondary N) is 1. The van der Waals surface area contributed by atoms with E-state index in [0.717, 1.165) is 32.5 Å². The molecule has 1 saturated heterocycles. The Morgan fingerprint density at radius 3 is 2.71 bits per heavy atom. The molecule has 3 rings (SSSR count). The zero-order valence-corrected chi connectivity index (χ0v) is 16.9. The number of hydrogen-bond acceptors (Lipinski definition) is 3. The van der Waals surface area contributed by atoms with Crippen molar-refractivity contribution in [1.82, 2.24) is 9.80 Å². The molecule has 5 nitrogen and oxygen atoms in total. The molecular formula is C22H26ClN3O2. The fourth-order valence-electron chi connectivity index (χ4n) is 3.61. The predicted molar refractivity (Wildman–Crippen MR) is 112 cm³/mol. The van der Waals surface area contributed by atoms with Crippen molar-refractivity contribution in [1.29, 1.82) is 0 Å². The second kappa shape index (κ2) is 9.71. The van der Waals surface area contributed by atoms with Crippen LogP contribution in [0.2, 0.25) is 5.02 Å². The summed E-state index contributed by atoms with van der Waals surface area (Å²) in [5.41, 5.74) is 1.88. The fourth-order valence-corrected chi connectivity index (χ4v) is 3.80. The summed E-state index contributed by atoms with van der Waals surface area (Å²) >= 11 is 5.94. The molecule has 1 aliphatic heterocycles. The first-order valence-corrected chi connectivity index (χ1v) is 9.96. The molecule has 1 fully saturated rings. The molecule has 0 radical (unpaired) electrons. The fraction of sp³-hybridized carbons (Fsp3) is 0.364. The second-order valence-corrected chi connectivity index (χ2v) is 7.75. The molecule has 1 unspecified atom stereocenters. The number of carbonyl (C=O) groups excluding carboxylic acids is 2. The van der Waals surface area contributed by atoms with E-state index in [0.29, 0.717) is 10.7 Å².